The van der Waals surface area contributed by atoms with E-state index < -0.39 is 17.8 Å². The Morgan fingerprint density at radius 3 is 2.26 bits per heavy atom. The van der Waals surface area contributed by atoms with Crippen molar-refractivity contribution < 1.29 is 27.4 Å². The maximum atomic E-state index is 13.0. The number of hydrogen-bond donors (Lipinski definition) is 0. The summed E-state index contributed by atoms with van der Waals surface area (Å²) in [7, 11) is 0. The Morgan fingerprint density at radius 2 is 1.70 bits per heavy atom. The van der Waals surface area contributed by atoms with Crippen molar-refractivity contribution in [3.63, 3.8) is 0 Å². The largest absolute Gasteiger partial charge is 0.483 e. The van der Waals surface area contributed by atoms with Gasteiger partial charge in [-0.1, -0.05) is 11.6 Å². The van der Waals surface area contributed by atoms with E-state index in [1.54, 1.807) is 6.92 Å². The van der Waals surface area contributed by atoms with E-state index in [9.17, 15) is 18.0 Å². The lowest BCUT2D eigenvalue weighted by molar-refractivity contribution is -0.138. The molecule has 0 aliphatic carbocycles. The van der Waals surface area contributed by atoms with Gasteiger partial charge >= 0.3 is 6.18 Å². The van der Waals surface area contributed by atoms with Gasteiger partial charge in [-0.05, 0) is 49.4 Å². The average Bonchev–Trinajstić information content (AvgIpc) is 2.50. The van der Waals surface area contributed by atoms with Crippen LogP contribution in [0.15, 0.2) is 42.5 Å². The van der Waals surface area contributed by atoms with Crippen LogP contribution in [-0.2, 0) is 11.0 Å². The molecule has 1 atom stereocenters. The van der Waals surface area contributed by atoms with Gasteiger partial charge in [0.25, 0.3) is 0 Å². The summed E-state index contributed by atoms with van der Waals surface area (Å²) in [4.78, 5) is 10.5. The summed E-state index contributed by atoms with van der Waals surface area (Å²) < 4.78 is 49.5. The first-order valence-corrected chi connectivity index (χ1v) is 6.94. The lowest BCUT2D eigenvalue weighted by atomic mass is 10.2. The predicted octanol–water partition coefficient (Wildman–Crippen LogP) is 5.12. The molecule has 1 unspecified atom stereocenters. The van der Waals surface area contributed by atoms with Gasteiger partial charge in [-0.3, -0.25) is 4.79 Å². The van der Waals surface area contributed by atoms with Gasteiger partial charge in [0.05, 0.1) is 5.56 Å². The number of benzene rings is 2. The SMILES string of the molecule is CC(C=O)Oc1ccc(Oc2ccc(Cl)cc2C(F)(F)F)cc1. The molecule has 0 saturated carbocycles. The fraction of sp³-hybridized carbons (Fsp3) is 0.188. The van der Waals surface area contributed by atoms with Crippen molar-refractivity contribution in [2.45, 2.75) is 19.2 Å². The molecule has 0 radical (unpaired) electrons. The average molecular weight is 345 g/mol. The smallest absolute Gasteiger partial charge is 0.420 e. The molecule has 23 heavy (non-hydrogen) atoms. The number of alkyl halides is 3. The van der Waals surface area contributed by atoms with Crippen molar-refractivity contribution in [3.05, 3.63) is 53.1 Å². The Balaban J connectivity index is 2.21. The maximum Gasteiger partial charge on any atom is 0.420 e. The van der Waals surface area contributed by atoms with E-state index in [1.807, 2.05) is 0 Å². The van der Waals surface area contributed by atoms with E-state index in [-0.39, 0.29) is 16.5 Å². The quantitative estimate of drug-likeness (QED) is 0.706. The van der Waals surface area contributed by atoms with Gasteiger partial charge in [0.1, 0.15) is 17.2 Å². The van der Waals surface area contributed by atoms with Crippen LogP contribution in [0.5, 0.6) is 17.2 Å². The Morgan fingerprint density at radius 1 is 1.09 bits per heavy atom. The highest BCUT2D eigenvalue weighted by Gasteiger charge is 2.34. The lowest BCUT2D eigenvalue weighted by Crippen LogP contribution is -2.12. The summed E-state index contributed by atoms with van der Waals surface area (Å²) in [5.74, 6) is 0.254. The number of halogens is 4. The van der Waals surface area contributed by atoms with Crippen LogP contribution < -0.4 is 9.47 Å². The summed E-state index contributed by atoms with van der Waals surface area (Å²) in [5.41, 5.74) is -0.958. The Labute approximate surface area is 135 Å². The number of carbonyl (C=O) groups is 1. The monoisotopic (exact) mass is 344 g/mol. The number of rotatable bonds is 5. The first-order valence-electron chi connectivity index (χ1n) is 6.56. The van der Waals surface area contributed by atoms with Crippen LogP contribution >= 0.6 is 11.6 Å². The van der Waals surface area contributed by atoms with Gasteiger partial charge in [0.15, 0.2) is 12.4 Å². The second-order valence-corrected chi connectivity index (χ2v) is 5.11. The lowest BCUT2D eigenvalue weighted by Gasteiger charge is -2.14. The first kappa shape index (κ1) is 17.1. The third-order valence-electron chi connectivity index (χ3n) is 2.81. The van der Waals surface area contributed by atoms with Crippen LogP contribution in [0.1, 0.15) is 12.5 Å². The minimum Gasteiger partial charge on any atom is -0.483 e. The molecule has 2 rings (SSSR count). The zero-order valence-corrected chi connectivity index (χ0v) is 12.7. The molecular formula is C16H12ClF3O3. The molecule has 0 fully saturated rings. The zero-order valence-electron chi connectivity index (χ0n) is 11.9. The minimum atomic E-state index is -4.58. The number of aldehydes is 1. The maximum absolute atomic E-state index is 13.0. The molecule has 0 N–H and O–H groups in total. The fourth-order valence-corrected chi connectivity index (χ4v) is 1.94. The Kier molecular flexibility index (Phi) is 5.15. The molecule has 0 amide bonds. The molecule has 0 aliphatic heterocycles. The molecule has 2 aromatic carbocycles. The molecule has 2 aromatic rings. The normalized spacial score (nSPS) is 12.6. The van der Waals surface area contributed by atoms with Crippen LogP contribution in [-0.4, -0.2) is 12.4 Å². The van der Waals surface area contributed by atoms with E-state index >= 15 is 0 Å². The second-order valence-electron chi connectivity index (χ2n) is 4.67. The Bertz CT molecular complexity index is 684. The summed E-state index contributed by atoms with van der Waals surface area (Å²) in [6.07, 6.45) is -4.56. The van der Waals surface area contributed by atoms with Crippen molar-refractivity contribution in [3.8, 4) is 17.2 Å². The van der Waals surface area contributed by atoms with E-state index in [4.69, 9.17) is 21.1 Å². The number of carbonyl (C=O) groups excluding carboxylic acids is 1. The van der Waals surface area contributed by atoms with E-state index in [1.165, 1.54) is 30.3 Å². The van der Waals surface area contributed by atoms with Gasteiger partial charge in [-0.25, -0.2) is 0 Å². The van der Waals surface area contributed by atoms with Crippen molar-refractivity contribution in [1.29, 1.82) is 0 Å². The summed E-state index contributed by atoms with van der Waals surface area (Å²) in [6, 6.07) is 9.17. The van der Waals surface area contributed by atoms with Crippen molar-refractivity contribution >= 4 is 17.9 Å². The highest BCUT2D eigenvalue weighted by molar-refractivity contribution is 6.30. The summed E-state index contributed by atoms with van der Waals surface area (Å²) >= 11 is 5.61. The topological polar surface area (TPSA) is 35.5 Å². The molecule has 0 spiro atoms. The van der Waals surface area contributed by atoms with Crippen LogP contribution in [0.4, 0.5) is 13.2 Å². The molecule has 0 bridgehead atoms. The number of hydrogen-bond acceptors (Lipinski definition) is 3. The molecule has 7 heteroatoms. The summed E-state index contributed by atoms with van der Waals surface area (Å²) in [5, 5.41) is -0.0312. The van der Waals surface area contributed by atoms with Crippen LogP contribution in [0.25, 0.3) is 0 Å². The molecule has 0 heterocycles. The third-order valence-corrected chi connectivity index (χ3v) is 3.05. The molecule has 122 valence electrons. The number of ether oxygens (including phenoxy) is 2. The van der Waals surface area contributed by atoms with E-state index in [0.29, 0.717) is 12.0 Å². The molecule has 0 saturated heterocycles. The fourth-order valence-electron chi connectivity index (χ4n) is 1.77. The van der Waals surface area contributed by atoms with Crippen LogP contribution in [0.2, 0.25) is 5.02 Å². The zero-order chi connectivity index (χ0) is 17.0. The second kappa shape index (κ2) is 6.91. The van der Waals surface area contributed by atoms with Gasteiger partial charge in [0, 0.05) is 5.02 Å². The van der Waals surface area contributed by atoms with Crippen molar-refractivity contribution in [2.24, 2.45) is 0 Å². The summed E-state index contributed by atoms with van der Waals surface area (Å²) in [6.45, 7) is 1.57. The van der Waals surface area contributed by atoms with Gasteiger partial charge in [0.2, 0.25) is 0 Å². The van der Waals surface area contributed by atoms with Gasteiger partial charge in [-0.2, -0.15) is 13.2 Å². The van der Waals surface area contributed by atoms with Crippen LogP contribution in [0.3, 0.4) is 0 Å². The van der Waals surface area contributed by atoms with Crippen molar-refractivity contribution in [1.82, 2.24) is 0 Å². The highest BCUT2D eigenvalue weighted by Crippen LogP contribution is 2.39. The predicted molar refractivity (Wildman–Crippen MR) is 79.1 cm³/mol. The van der Waals surface area contributed by atoms with E-state index in [0.717, 1.165) is 12.1 Å². The highest BCUT2D eigenvalue weighted by atomic mass is 35.5. The third kappa shape index (κ3) is 4.63. The van der Waals surface area contributed by atoms with E-state index in [2.05, 4.69) is 0 Å². The standard InChI is InChI=1S/C16H12ClF3O3/c1-10(9-21)22-12-3-5-13(6-4-12)23-15-7-2-11(17)8-14(15)16(18,19)20/h2-10H,1H3. The van der Waals surface area contributed by atoms with Crippen LogP contribution in [0, 0.1) is 0 Å². The van der Waals surface area contributed by atoms with Gasteiger partial charge < -0.3 is 9.47 Å². The molecule has 0 aliphatic rings. The molecular weight excluding hydrogens is 333 g/mol. The van der Waals surface area contributed by atoms with Gasteiger partial charge in [-0.15, -0.1) is 0 Å². The molecule has 0 aromatic heterocycles. The molecule has 3 nitrogen and oxygen atoms in total. The van der Waals surface area contributed by atoms with Crippen molar-refractivity contribution in [2.75, 3.05) is 0 Å². The first-order chi connectivity index (χ1) is 10.8. The minimum absolute atomic E-state index is 0.0312. The Hall–Kier alpha value is -2.21.